The van der Waals surface area contributed by atoms with Crippen molar-refractivity contribution in [3.05, 3.63) is 90.3 Å². The molecule has 2 fully saturated rings. The van der Waals surface area contributed by atoms with Crippen LogP contribution in [0.4, 0.5) is 11.5 Å². The topological polar surface area (TPSA) is 215 Å². The Morgan fingerprint density at radius 3 is 2.22 bits per heavy atom. The minimum Gasteiger partial charge on any atom is -0.457 e. The second-order valence-corrected chi connectivity index (χ2v) is 15.3. The maximum absolute atomic E-state index is 13.2. The molecule has 18 heteroatoms. The number of fused-ring (bicyclic) bond motifs is 2. The molecule has 0 spiro atoms. The zero-order valence-electron chi connectivity index (χ0n) is 34.9. The number of nitrogens with one attached hydrogen (secondary N) is 2. The zero-order chi connectivity index (χ0) is 43.5. The molecule has 4 N–H and O–H groups in total. The first-order chi connectivity index (χ1) is 30.9. The van der Waals surface area contributed by atoms with E-state index in [0.29, 0.717) is 70.9 Å². The first kappa shape index (κ1) is 43.3. The fraction of sp³-hybridized carbons (Fsp3) is 0.400. The number of likely N-dealkylation sites (tertiary alicyclic amines) is 1. The highest BCUT2D eigenvalue weighted by Gasteiger charge is 2.45. The number of imide groups is 2. The van der Waals surface area contributed by atoms with Crippen molar-refractivity contribution in [2.75, 3.05) is 90.1 Å². The molecule has 0 aliphatic carbocycles. The number of anilines is 2. The lowest BCUT2D eigenvalue weighted by atomic mass is 10.0. The van der Waals surface area contributed by atoms with Crippen LogP contribution in [0.1, 0.15) is 52.4 Å². The van der Waals surface area contributed by atoms with Crippen molar-refractivity contribution in [1.82, 2.24) is 34.9 Å². The third kappa shape index (κ3) is 10.3. The van der Waals surface area contributed by atoms with Gasteiger partial charge in [0.1, 0.15) is 35.4 Å². The average molecular weight is 862 g/mol. The monoisotopic (exact) mass is 861 g/mol. The zero-order valence-corrected chi connectivity index (χ0v) is 34.9. The predicted molar refractivity (Wildman–Crippen MR) is 231 cm³/mol. The van der Waals surface area contributed by atoms with Crippen LogP contribution >= 0.6 is 0 Å². The first-order valence-corrected chi connectivity index (χ1v) is 21.3. The van der Waals surface area contributed by atoms with E-state index in [1.165, 1.54) is 6.33 Å². The molecule has 3 aliphatic rings. The van der Waals surface area contributed by atoms with Crippen molar-refractivity contribution in [2.45, 2.75) is 37.8 Å². The number of hydrogen-bond acceptors (Lipinski definition) is 15. The van der Waals surface area contributed by atoms with Crippen LogP contribution in [-0.2, 0) is 28.5 Å². The average Bonchev–Trinajstić information content (AvgIpc) is 3.81. The van der Waals surface area contributed by atoms with Gasteiger partial charge in [0.25, 0.3) is 11.8 Å². The van der Waals surface area contributed by atoms with E-state index in [1.807, 2.05) is 59.3 Å². The normalized spacial score (nSPS) is 17.9. The van der Waals surface area contributed by atoms with Crippen LogP contribution in [0, 0.1) is 0 Å². The number of nitrogen functional groups attached to an aromatic ring is 1. The third-order valence-corrected chi connectivity index (χ3v) is 11.1. The Bertz CT molecular complexity index is 2400. The van der Waals surface area contributed by atoms with E-state index in [0.717, 1.165) is 71.2 Å². The summed E-state index contributed by atoms with van der Waals surface area (Å²) in [6.45, 7) is 6.42. The van der Waals surface area contributed by atoms with Crippen LogP contribution in [0.3, 0.4) is 0 Å². The van der Waals surface area contributed by atoms with Gasteiger partial charge in [-0.15, -0.1) is 0 Å². The van der Waals surface area contributed by atoms with Crippen molar-refractivity contribution in [3.63, 3.8) is 0 Å². The summed E-state index contributed by atoms with van der Waals surface area (Å²) < 4.78 is 30.9. The molecule has 4 amide bonds. The smallest absolute Gasteiger partial charge is 0.264 e. The number of para-hydroxylation sites is 1. The van der Waals surface area contributed by atoms with E-state index in [9.17, 15) is 19.2 Å². The van der Waals surface area contributed by atoms with Gasteiger partial charge in [0, 0.05) is 37.3 Å². The lowest BCUT2D eigenvalue weighted by Gasteiger charge is -2.32. The number of amides is 4. The van der Waals surface area contributed by atoms with Gasteiger partial charge in [0.15, 0.2) is 5.65 Å². The van der Waals surface area contributed by atoms with Gasteiger partial charge in [-0.05, 0) is 74.3 Å². The highest BCUT2D eigenvalue weighted by atomic mass is 16.6. The number of hydrogen-bond donors (Lipinski definition) is 3. The van der Waals surface area contributed by atoms with Crippen LogP contribution in [0.2, 0.25) is 0 Å². The number of carbonyl (C=O) groups is 4. The van der Waals surface area contributed by atoms with Crippen LogP contribution in [0.25, 0.3) is 22.3 Å². The molecule has 0 saturated carbocycles. The molecule has 63 heavy (non-hydrogen) atoms. The molecule has 8 rings (SSSR count). The van der Waals surface area contributed by atoms with Crippen molar-refractivity contribution in [2.24, 2.45) is 0 Å². The van der Waals surface area contributed by atoms with Crippen LogP contribution < -0.4 is 21.1 Å². The van der Waals surface area contributed by atoms with Gasteiger partial charge >= 0.3 is 0 Å². The summed E-state index contributed by atoms with van der Waals surface area (Å²) in [6.07, 6.45) is 3.65. The summed E-state index contributed by atoms with van der Waals surface area (Å²) in [5, 5.41) is 11.2. The van der Waals surface area contributed by atoms with E-state index in [2.05, 4.69) is 25.5 Å². The molecule has 5 aromatic rings. The highest BCUT2D eigenvalue weighted by Crippen LogP contribution is 2.35. The largest absolute Gasteiger partial charge is 0.457 e. The molecule has 2 unspecified atom stereocenters. The summed E-state index contributed by atoms with van der Waals surface area (Å²) in [5.74, 6) is -0.274. The SMILES string of the molecule is Nc1ncnc2c1c(-c1ccc(Oc3ccccc3)cc1)nn2C1CCCN(CCOCCOCCOCCOCCNc2cccc3c2C(=O)N(C2CCC(=O)NC2=O)C3=O)C1. The fourth-order valence-electron chi connectivity index (χ4n) is 8.07. The quantitative estimate of drug-likeness (QED) is 0.0700. The maximum Gasteiger partial charge on any atom is 0.264 e. The lowest BCUT2D eigenvalue weighted by molar-refractivity contribution is -0.136. The second-order valence-electron chi connectivity index (χ2n) is 15.3. The number of nitrogens with zero attached hydrogens (tertiary/aromatic N) is 6. The van der Waals surface area contributed by atoms with Crippen molar-refractivity contribution in [3.8, 4) is 22.8 Å². The van der Waals surface area contributed by atoms with Gasteiger partial charge in [0.05, 0.1) is 75.4 Å². The van der Waals surface area contributed by atoms with Gasteiger partial charge in [-0.2, -0.15) is 5.10 Å². The van der Waals surface area contributed by atoms with Crippen LogP contribution in [0.15, 0.2) is 79.1 Å². The predicted octanol–water partition coefficient (Wildman–Crippen LogP) is 4.08. The number of piperidine rings is 2. The fourth-order valence-corrected chi connectivity index (χ4v) is 8.07. The van der Waals surface area contributed by atoms with Gasteiger partial charge in [-0.25, -0.2) is 14.6 Å². The van der Waals surface area contributed by atoms with Gasteiger partial charge in [-0.3, -0.25) is 34.3 Å². The summed E-state index contributed by atoms with van der Waals surface area (Å²) >= 11 is 0. The molecule has 330 valence electrons. The Labute approximate surface area is 364 Å². The molecule has 2 saturated heterocycles. The van der Waals surface area contributed by atoms with E-state index < -0.39 is 29.7 Å². The number of ether oxygens (including phenoxy) is 5. The number of carbonyl (C=O) groups excluding carboxylic acids is 4. The van der Waals surface area contributed by atoms with E-state index in [1.54, 1.807) is 18.2 Å². The second kappa shape index (κ2) is 20.7. The Morgan fingerprint density at radius 1 is 0.762 bits per heavy atom. The van der Waals surface area contributed by atoms with E-state index in [4.69, 9.17) is 34.5 Å². The van der Waals surface area contributed by atoms with E-state index in [-0.39, 0.29) is 30.0 Å². The van der Waals surface area contributed by atoms with Crippen molar-refractivity contribution >= 4 is 46.2 Å². The molecule has 18 nitrogen and oxygen atoms in total. The van der Waals surface area contributed by atoms with Gasteiger partial charge < -0.3 is 34.7 Å². The molecule has 5 heterocycles. The minimum absolute atomic E-state index is 0.0636. The van der Waals surface area contributed by atoms with Gasteiger partial charge in [0.2, 0.25) is 11.8 Å². The summed E-state index contributed by atoms with van der Waals surface area (Å²) in [6, 6.07) is 21.5. The number of rotatable bonds is 21. The summed E-state index contributed by atoms with van der Waals surface area (Å²) in [5.41, 5.74) is 9.70. The number of nitrogens with two attached hydrogens (primary N) is 1. The molecule has 3 aliphatic heterocycles. The Hall–Kier alpha value is -6.31. The van der Waals surface area contributed by atoms with Crippen LogP contribution in [-0.4, -0.2) is 138 Å². The third-order valence-electron chi connectivity index (χ3n) is 11.1. The molecule has 0 radical (unpaired) electrons. The van der Waals surface area contributed by atoms with Crippen molar-refractivity contribution < 1.29 is 42.9 Å². The lowest BCUT2D eigenvalue weighted by Crippen LogP contribution is -2.54. The summed E-state index contributed by atoms with van der Waals surface area (Å²) in [4.78, 5) is 62.5. The standard InChI is InChI=1S/C45H51N9O9/c46-41-39-40(30-11-13-33(14-12-30)63-32-7-2-1-3-8-32)51-54(42(39)49-29-48-41)31-6-5-18-52(28-31)19-21-60-23-25-62-27-26-61-24-22-59-20-17-47-35-10-4-9-34-38(35)45(58)53(44(34)57)36-15-16-37(55)50-43(36)56/h1-4,7-14,29,31,36,47H,5-6,15-28H2,(H2,46,48,49)(H,50,55,56). The summed E-state index contributed by atoms with van der Waals surface area (Å²) in [7, 11) is 0. The van der Waals surface area contributed by atoms with E-state index >= 15 is 0 Å². The van der Waals surface area contributed by atoms with Gasteiger partial charge in [-0.1, -0.05) is 24.3 Å². The molecule has 0 bridgehead atoms. The first-order valence-electron chi connectivity index (χ1n) is 21.3. The Morgan fingerprint density at radius 2 is 1.48 bits per heavy atom. The molecular weight excluding hydrogens is 811 g/mol. The number of benzene rings is 3. The maximum atomic E-state index is 13.2. The Balaban J connectivity index is 0.686. The minimum atomic E-state index is -1.02. The molecule has 3 aromatic carbocycles. The highest BCUT2D eigenvalue weighted by molar-refractivity contribution is 6.25. The number of aromatic nitrogens is 4. The van der Waals surface area contributed by atoms with Crippen molar-refractivity contribution in [1.29, 1.82) is 0 Å². The molecule has 2 atom stereocenters. The molecule has 2 aromatic heterocycles. The van der Waals surface area contributed by atoms with Crippen LogP contribution in [0.5, 0.6) is 11.5 Å². The Kier molecular flexibility index (Phi) is 14.2. The molecular formula is C45H51N9O9.